The second kappa shape index (κ2) is 7.51. The first-order valence-corrected chi connectivity index (χ1v) is 9.54. The predicted octanol–water partition coefficient (Wildman–Crippen LogP) is 2.56. The van der Waals surface area contributed by atoms with E-state index in [1.807, 2.05) is 0 Å². The molecule has 1 aliphatic heterocycles. The molecular weight excluding hydrogens is 381 g/mol. The summed E-state index contributed by atoms with van der Waals surface area (Å²) in [6, 6.07) is 3.30. The normalized spacial score (nSPS) is 17.1. The Balaban J connectivity index is 2.16. The number of likely N-dealkylation sites (tertiary alicyclic amines) is 1. The van der Waals surface area contributed by atoms with Crippen molar-refractivity contribution in [2.75, 3.05) is 26.0 Å². The van der Waals surface area contributed by atoms with Crippen molar-refractivity contribution in [2.45, 2.75) is 30.0 Å². The van der Waals surface area contributed by atoms with Crippen LogP contribution in [0.1, 0.15) is 18.4 Å². The number of halogens is 4. The van der Waals surface area contributed by atoms with E-state index in [-0.39, 0.29) is 17.8 Å². The summed E-state index contributed by atoms with van der Waals surface area (Å²) in [6.45, 7) is 0.720. The van der Waals surface area contributed by atoms with E-state index in [0.29, 0.717) is 32.0 Å². The van der Waals surface area contributed by atoms with Crippen molar-refractivity contribution in [2.24, 2.45) is 0 Å². The van der Waals surface area contributed by atoms with Crippen LogP contribution in [-0.4, -0.2) is 55.6 Å². The standard InChI is InChI=1S/C15H18ClF3N2O3S/c1-20(12-5-7-21(8-6-12)14(22)10-16)25(23,24)13-4-2-3-11(9-13)15(17,18)19/h2-4,9,12H,5-8,10H2,1H3. The highest BCUT2D eigenvalue weighted by Crippen LogP contribution is 2.31. The minimum Gasteiger partial charge on any atom is -0.342 e. The molecule has 0 saturated carbocycles. The average Bonchev–Trinajstić information content (AvgIpc) is 2.60. The zero-order valence-electron chi connectivity index (χ0n) is 13.5. The Morgan fingerprint density at radius 3 is 2.44 bits per heavy atom. The van der Waals surface area contributed by atoms with Crippen LogP contribution in [0, 0.1) is 0 Å². The third kappa shape index (κ3) is 4.45. The quantitative estimate of drug-likeness (QED) is 0.732. The average molecular weight is 399 g/mol. The van der Waals surface area contributed by atoms with E-state index in [2.05, 4.69) is 0 Å². The Bertz CT molecular complexity index is 732. The van der Waals surface area contributed by atoms with Crippen LogP contribution in [0.4, 0.5) is 13.2 Å². The van der Waals surface area contributed by atoms with Crippen LogP contribution in [0.5, 0.6) is 0 Å². The first-order chi connectivity index (χ1) is 11.6. The molecule has 1 aromatic rings. The first kappa shape index (κ1) is 20.0. The van der Waals surface area contributed by atoms with Gasteiger partial charge in [-0.15, -0.1) is 11.6 Å². The summed E-state index contributed by atoms with van der Waals surface area (Å²) < 4.78 is 64.8. The Morgan fingerprint density at radius 1 is 1.32 bits per heavy atom. The van der Waals surface area contributed by atoms with E-state index in [1.165, 1.54) is 7.05 Å². The van der Waals surface area contributed by atoms with Crippen molar-refractivity contribution in [1.82, 2.24) is 9.21 Å². The highest BCUT2D eigenvalue weighted by Gasteiger charge is 2.35. The van der Waals surface area contributed by atoms with Gasteiger partial charge < -0.3 is 4.90 Å². The predicted molar refractivity (Wildman–Crippen MR) is 86.7 cm³/mol. The zero-order valence-corrected chi connectivity index (χ0v) is 15.0. The van der Waals surface area contributed by atoms with Crippen molar-refractivity contribution in [1.29, 1.82) is 0 Å². The van der Waals surface area contributed by atoms with Gasteiger partial charge in [-0.05, 0) is 31.0 Å². The van der Waals surface area contributed by atoms with Crippen molar-refractivity contribution in [3.8, 4) is 0 Å². The van der Waals surface area contributed by atoms with Crippen molar-refractivity contribution in [3.63, 3.8) is 0 Å². The number of rotatable bonds is 4. The van der Waals surface area contributed by atoms with Gasteiger partial charge >= 0.3 is 6.18 Å². The SMILES string of the molecule is CN(C1CCN(C(=O)CCl)CC1)S(=O)(=O)c1cccc(C(F)(F)F)c1. The number of hydrogen-bond acceptors (Lipinski definition) is 3. The van der Waals surface area contributed by atoms with Gasteiger partial charge in [0.05, 0.1) is 10.5 Å². The lowest BCUT2D eigenvalue weighted by atomic mass is 10.1. The number of carbonyl (C=O) groups is 1. The van der Waals surface area contributed by atoms with Crippen molar-refractivity contribution >= 4 is 27.5 Å². The maximum absolute atomic E-state index is 12.8. The summed E-state index contributed by atoms with van der Waals surface area (Å²) in [6.07, 6.45) is -3.81. The fourth-order valence-electron chi connectivity index (χ4n) is 2.76. The van der Waals surface area contributed by atoms with E-state index in [0.717, 1.165) is 22.5 Å². The van der Waals surface area contributed by atoms with Gasteiger partial charge in [-0.3, -0.25) is 4.79 Å². The summed E-state index contributed by atoms with van der Waals surface area (Å²) in [5.41, 5.74) is -1.01. The van der Waals surface area contributed by atoms with Gasteiger partial charge in [0.1, 0.15) is 5.88 Å². The topological polar surface area (TPSA) is 57.7 Å². The van der Waals surface area contributed by atoms with E-state index >= 15 is 0 Å². The molecule has 2 rings (SSSR count). The molecule has 25 heavy (non-hydrogen) atoms. The summed E-state index contributed by atoms with van der Waals surface area (Å²) in [5.74, 6) is -0.355. The molecule has 0 radical (unpaired) electrons. The van der Waals surface area contributed by atoms with Gasteiger partial charge in [-0.1, -0.05) is 6.07 Å². The molecule has 0 N–H and O–H groups in total. The lowest BCUT2D eigenvalue weighted by molar-refractivity contribution is -0.137. The minimum atomic E-state index is -4.61. The van der Waals surface area contributed by atoms with E-state index in [4.69, 9.17) is 11.6 Å². The van der Waals surface area contributed by atoms with Gasteiger partial charge in [-0.25, -0.2) is 8.42 Å². The zero-order chi connectivity index (χ0) is 18.8. The van der Waals surface area contributed by atoms with E-state index < -0.39 is 26.7 Å². The van der Waals surface area contributed by atoms with Gasteiger partial charge in [0, 0.05) is 26.2 Å². The summed E-state index contributed by atoms with van der Waals surface area (Å²) in [4.78, 5) is 12.7. The number of piperidine rings is 1. The highest BCUT2D eigenvalue weighted by atomic mass is 35.5. The Kier molecular flexibility index (Phi) is 6.01. The number of hydrogen-bond donors (Lipinski definition) is 0. The highest BCUT2D eigenvalue weighted by molar-refractivity contribution is 7.89. The Hall–Kier alpha value is -1.32. The molecule has 0 unspecified atom stereocenters. The Morgan fingerprint density at radius 2 is 1.92 bits per heavy atom. The molecule has 0 aliphatic carbocycles. The summed E-state index contributed by atoms with van der Waals surface area (Å²) in [5, 5.41) is 0. The molecule has 140 valence electrons. The third-order valence-corrected chi connectivity index (χ3v) is 6.42. The smallest absolute Gasteiger partial charge is 0.342 e. The molecule has 1 heterocycles. The molecule has 5 nitrogen and oxygen atoms in total. The first-order valence-electron chi connectivity index (χ1n) is 7.56. The van der Waals surface area contributed by atoms with E-state index in [9.17, 15) is 26.4 Å². The number of amides is 1. The second-order valence-corrected chi connectivity index (χ2v) is 8.06. The number of benzene rings is 1. The van der Waals surface area contributed by atoms with Crippen LogP contribution >= 0.6 is 11.6 Å². The van der Waals surface area contributed by atoms with Gasteiger partial charge in [0.15, 0.2) is 0 Å². The molecule has 1 saturated heterocycles. The molecule has 10 heteroatoms. The van der Waals surface area contributed by atoms with Crippen LogP contribution in [-0.2, 0) is 21.0 Å². The van der Waals surface area contributed by atoms with Gasteiger partial charge in [0.25, 0.3) is 0 Å². The van der Waals surface area contributed by atoms with E-state index in [1.54, 1.807) is 4.90 Å². The number of nitrogens with zero attached hydrogens (tertiary/aromatic N) is 2. The largest absolute Gasteiger partial charge is 0.416 e. The summed E-state index contributed by atoms with van der Waals surface area (Å²) in [7, 11) is -2.71. The van der Waals surface area contributed by atoms with Gasteiger partial charge in [-0.2, -0.15) is 17.5 Å². The molecular formula is C15H18ClF3N2O3S. The maximum Gasteiger partial charge on any atom is 0.416 e. The molecule has 0 spiro atoms. The van der Waals surface area contributed by atoms with Crippen LogP contribution in [0.3, 0.4) is 0 Å². The summed E-state index contributed by atoms with van der Waals surface area (Å²) >= 11 is 5.50. The molecule has 0 aromatic heterocycles. The van der Waals surface area contributed by atoms with Crippen molar-refractivity contribution in [3.05, 3.63) is 29.8 Å². The number of sulfonamides is 1. The van der Waals surface area contributed by atoms with Crippen molar-refractivity contribution < 1.29 is 26.4 Å². The van der Waals surface area contributed by atoms with Crippen LogP contribution in [0.2, 0.25) is 0 Å². The minimum absolute atomic E-state index is 0.136. The Labute approximate surface area is 149 Å². The molecule has 1 fully saturated rings. The molecule has 1 aromatic carbocycles. The maximum atomic E-state index is 12.8. The fraction of sp³-hybridized carbons (Fsp3) is 0.533. The second-order valence-electron chi connectivity index (χ2n) is 5.79. The lowest BCUT2D eigenvalue weighted by Crippen LogP contribution is -2.47. The molecule has 1 aliphatic rings. The lowest BCUT2D eigenvalue weighted by Gasteiger charge is -2.36. The van der Waals surface area contributed by atoms with Crippen LogP contribution in [0.25, 0.3) is 0 Å². The third-order valence-electron chi connectivity index (χ3n) is 4.28. The van der Waals surface area contributed by atoms with Crippen LogP contribution in [0.15, 0.2) is 29.2 Å². The number of carbonyl (C=O) groups excluding carboxylic acids is 1. The molecule has 0 atom stereocenters. The van der Waals surface area contributed by atoms with Gasteiger partial charge in [0.2, 0.25) is 15.9 Å². The number of alkyl halides is 4. The van der Waals surface area contributed by atoms with Crippen LogP contribution < -0.4 is 0 Å². The monoisotopic (exact) mass is 398 g/mol. The molecule has 1 amide bonds. The molecule has 0 bridgehead atoms. The fourth-order valence-corrected chi connectivity index (χ4v) is 4.39.